The number of carbonyl (C=O) groups is 1. The van der Waals surface area contributed by atoms with E-state index in [2.05, 4.69) is 55.4 Å². The molecule has 2 heteroatoms. The first kappa shape index (κ1) is 18.5. The predicted octanol–water partition coefficient (Wildman–Crippen LogP) is 5.45. The number of ether oxygens (including phenoxy) is 1. The van der Waals surface area contributed by atoms with E-state index in [-0.39, 0.29) is 16.8 Å². The lowest BCUT2D eigenvalue weighted by atomic mass is 9.65. The van der Waals surface area contributed by atoms with Crippen molar-refractivity contribution in [2.45, 2.75) is 81.1 Å². The zero-order valence-corrected chi connectivity index (χ0v) is 15.5. The van der Waals surface area contributed by atoms with Crippen LogP contribution in [0.25, 0.3) is 0 Å². The van der Waals surface area contributed by atoms with Crippen LogP contribution < -0.4 is 0 Å². The van der Waals surface area contributed by atoms with Gasteiger partial charge in [0.2, 0.25) is 0 Å². The van der Waals surface area contributed by atoms with Gasteiger partial charge < -0.3 is 4.74 Å². The average molecular weight is 296 g/mol. The van der Waals surface area contributed by atoms with Gasteiger partial charge in [0.05, 0.1) is 12.0 Å². The van der Waals surface area contributed by atoms with E-state index in [9.17, 15) is 4.79 Å². The normalized spacial score (nSPS) is 26.6. The molecule has 1 saturated heterocycles. The summed E-state index contributed by atoms with van der Waals surface area (Å²) < 4.78 is 5.38. The van der Waals surface area contributed by atoms with Crippen molar-refractivity contribution < 1.29 is 9.53 Å². The van der Waals surface area contributed by atoms with Crippen LogP contribution in [0.4, 0.5) is 0 Å². The minimum atomic E-state index is -0.243. The number of rotatable bonds is 5. The summed E-state index contributed by atoms with van der Waals surface area (Å²) in [6, 6.07) is 0. The Morgan fingerprint density at radius 3 is 2.10 bits per heavy atom. The molecule has 0 N–H and O–H groups in total. The van der Waals surface area contributed by atoms with Gasteiger partial charge in [-0.1, -0.05) is 55.4 Å². The fourth-order valence-corrected chi connectivity index (χ4v) is 3.51. The summed E-state index contributed by atoms with van der Waals surface area (Å²) in [6.45, 7) is 18.8. The van der Waals surface area contributed by atoms with Crippen molar-refractivity contribution in [1.82, 2.24) is 0 Å². The van der Waals surface area contributed by atoms with Crippen LogP contribution in [0.3, 0.4) is 0 Å². The molecular weight excluding hydrogens is 260 g/mol. The van der Waals surface area contributed by atoms with Crippen LogP contribution in [0.1, 0.15) is 81.1 Å². The first-order chi connectivity index (χ1) is 9.38. The van der Waals surface area contributed by atoms with Gasteiger partial charge in [0.25, 0.3) is 0 Å². The topological polar surface area (TPSA) is 26.3 Å². The Morgan fingerprint density at radius 1 is 1.14 bits per heavy atom. The zero-order valence-electron chi connectivity index (χ0n) is 15.5. The second kappa shape index (κ2) is 6.30. The van der Waals surface area contributed by atoms with Crippen molar-refractivity contribution in [3.8, 4) is 0 Å². The molecule has 0 bridgehead atoms. The van der Waals surface area contributed by atoms with Crippen molar-refractivity contribution >= 4 is 5.97 Å². The summed E-state index contributed by atoms with van der Waals surface area (Å²) in [6.07, 6.45) is 4.06. The van der Waals surface area contributed by atoms with E-state index in [4.69, 9.17) is 4.74 Å². The molecule has 0 saturated carbocycles. The van der Waals surface area contributed by atoms with Crippen LogP contribution in [-0.4, -0.2) is 12.6 Å². The lowest BCUT2D eigenvalue weighted by Gasteiger charge is -2.37. The lowest BCUT2D eigenvalue weighted by molar-refractivity contribution is -0.150. The molecule has 3 unspecified atom stereocenters. The second-order valence-electron chi connectivity index (χ2n) is 9.51. The van der Waals surface area contributed by atoms with Gasteiger partial charge in [0.15, 0.2) is 0 Å². The Morgan fingerprint density at radius 2 is 1.71 bits per heavy atom. The third-order valence-electron chi connectivity index (χ3n) is 5.55. The summed E-state index contributed by atoms with van der Waals surface area (Å²) in [5.74, 6) is 1.06. The van der Waals surface area contributed by atoms with Crippen LogP contribution in [0.5, 0.6) is 0 Å². The third-order valence-corrected chi connectivity index (χ3v) is 5.55. The maximum Gasteiger partial charge on any atom is 0.312 e. The molecule has 21 heavy (non-hydrogen) atoms. The van der Waals surface area contributed by atoms with Crippen molar-refractivity contribution in [3.63, 3.8) is 0 Å². The highest BCUT2D eigenvalue weighted by atomic mass is 16.5. The fraction of sp³-hybridized carbons (Fsp3) is 0.947. The first-order valence-electron chi connectivity index (χ1n) is 8.56. The molecule has 1 rings (SSSR count). The van der Waals surface area contributed by atoms with Crippen molar-refractivity contribution in [1.29, 1.82) is 0 Å². The molecule has 0 aromatic rings. The molecule has 0 aromatic heterocycles. The first-order valence-corrected chi connectivity index (χ1v) is 8.56. The number of cyclic esters (lactones) is 1. The van der Waals surface area contributed by atoms with E-state index in [0.29, 0.717) is 23.9 Å². The molecule has 0 spiro atoms. The van der Waals surface area contributed by atoms with Crippen LogP contribution in [-0.2, 0) is 9.53 Å². The van der Waals surface area contributed by atoms with Crippen molar-refractivity contribution in [2.75, 3.05) is 6.61 Å². The van der Waals surface area contributed by atoms with Crippen LogP contribution in [0.2, 0.25) is 0 Å². The van der Waals surface area contributed by atoms with Gasteiger partial charge in [0.1, 0.15) is 0 Å². The molecule has 124 valence electrons. The van der Waals surface area contributed by atoms with E-state index in [1.165, 1.54) is 0 Å². The maximum atomic E-state index is 12.5. The van der Waals surface area contributed by atoms with Crippen molar-refractivity contribution in [3.05, 3.63) is 0 Å². The molecular formula is C19H36O2. The van der Waals surface area contributed by atoms with Gasteiger partial charge >= 0.3 is 5.97 Å². The smallest absolute Gasteiger partial charge is 0.312 e. The second-order valence-corrected chi connectivity index (χ2v) is 9.51. The van der Waals surface area contributed by atoms with Gasteiger partial charge in [-0.2, -0.15) is 0 Å². The highest BCUT2D eigenvalue weighted by Gasteiger charge is 2.49. The molecule has 0 aliphatic carbocycles. The Kier molecular flexibility index (Phi) is 5.56. The predicted molar refractivity (Wildman–Crippen MR) is 89.1 cm³/mol. The third kappa shape index (κ3) is 4.72. The Hall–Kier alpha value is -0.530. The quantitative estimate of drug-likeness (QED) is 0.630. The summed E-state index contributed by atoms with van der Waals surface area (Å²) in [5.41, 5.74) is 0.314. The van der Waals surface area contributed by atoms with Gasteiger partial charge in [-0.3, -0.25) is 4.79 Å². The molecule has 1 aliphatic rings. The average Bonchev–Trinajstić information content (AvgIpc) is 2.65. The Labute approximate surface area is 132 Å². The molecule has 0 aromatic carbocycles. The summed E-state index contributed by atoms with van der Waals surface area (Å²) in [4.78, 5) is 12.5. The lowest BCUT2D eigenvalue weighted by Crippen LogP contribution is -2.37. The summed E-state index contributed by atoms with van der Waals surface area (Å²) >= 11 is 0. The molecule has 3 atom stereocenters. The largest absolute Gasteiger partial charge is 0.465 e. The molecule has 0 radical (unpaired) electrons. The molecule has 2 nitrogen and oxygen atoms in total. The monoisotopic (exact) mass is 296 g/mol. The van der Waals surface area contributed by atoms with Crippen LogP contribution >= 0.6 is 0 Å². The van der Waals surface area contributed by atoms with E-state index in [1.807, 2.05) is 0 Å². The molecule has 1 heterocycles. The van der Waals surface area contributed by atoms with Crippen LogP contribution in [0.15, 0.2) is 0 Å². The summed E-state index contributed by atoms with van der Waals surface area (Å²) in [7, 11) is 0. The molecule has 1 fully saturated rings. The fourth-order valence-electron chi connectivity index (χ4n) is 3.51. The number of hydrogen-bond acceptors (Lipinski definition) is 2. The van der Waals surface area contributed by atoms with E-state index < -0.39 is 0 Å². The number of esters is 1. The highest BCUT2D eigenvalue weighted by molar-refractivity contribution is 5.79. The van der Waals surface area contributed by atoms with Gasteiger partial charge in [0, 0.05) is 0 Å². The SMILES string of the molecule is CC(CCC1(C(C)CC(C)(C)C)CCOC1=O)C(C)(C)C. The maximum absolute atomic E-state index is 12.5. The highest BCUT2D eigenvalue weighted by Crippen LogP contribution is 2.47. The van der Waals surface area contributed by atoms with Gasteiger partial charge in [-0.15, -0.1) is 0 Å². The van der Waals surface area contributed by atoms with Crippen molar-refractivity contribution in [2.24, 2.45) is 28.1 Å². The van der Waals surface area contributed by atoms with E-state index >= 15 is 0 Å². The molecule has 0 amide bonds. The van der Waals surface area contributed by atoms with E-state index in [0.717, 1.165) is 25.7 Å². The zero-order chi connectivity index (χ0) is 16.5. The standard InChI is InChI=1S/C19H36O2/c1-14(18(6,7)8)9-10-19(11-12-21-16(19)20)15(2)13-17(3,4)5/h14-15H,9-13H2,1-8H3. The molecule has 1 aliphatic heterocycles. The number of carbonyl (C=O) groups excluding carboxylic acids is 1. The van der Waals surface area contributed by atoms with Gasteiger partial charge in [-0.05, 0) is 48.3 Å². The summed E-state index contributed by atoms with van der Waals surface area (Å²) in [5, 5.41) is 0. The number of hydrogen-bond donors (Lipinski definition) is 0. The van der Waals surface area contributed by atoms with Gasteiger partial charge in [-0.25, -0.2) is 0 Å². The Bertz CT molecular complexity index is 359. The minimum Gasteiger partial charge on any atom is -0.465 e. The van der Waals surface area contributed by atoms with E-state index in [1.54, 1.807) is 0 Å². The Balaban J connectivity index is 2.83. The minimum absolute atomic E-state index is 0.0559. The van der Waals surface area contributed by atoms with Crippen LogP contribution in [0, 0.1) is 28.1 Å².